The van der Waals surface area contributed by atoms with Gasteiger partial charge in [-0.1, -0.05) is 68.8 Å². The third kappa shape index (κ3) is 4.32. The van der Waals surface area contributed by atoms with E-state index in [0.717, 1.165) is 12.0 Å². The van der Waals surface area contributed by atoms with E-state index >= 15 is 0 Å². The van der Waals surface area contributed by atoms with Crippen LogP contribution < -0.4 is 10.6 Å². The minimum Gasteiger partial charge on any atom is -0.394 e. The summed E-state index contributed by atoms with van der Waals surface area (Å²) in [4.78, 5) is 43.0. The Morgan fingerprint density at radius 1 is 1.11 bits per heavy atom. The van der Waals surface area contributed by atoms with Gasteiger partial charge in [-0.25, -0.2) is 0 Å². The fraction of sp³-hybridized carbons (Fsp3) is 0.483. The van der Waals surface area contributed by atoms with E-state index in [0.29, 0.717) is 25.1 Å². The third-order valence-electron chi connectivity index (χ3n) is 8.49. The van der Waals surface area contributed by atoms with Gasteiger partial charge in [0.15, 0.2) is 0 Å². The molecule has 2 aromatic rings. The summed E-state index contributed by atoms with van der Waals surface area (Å²) in [5.41, 5.74) is 0.497. The van der Waals surface area contributed by atoms with E-state index in [9.17, 15) is 19.5 Å². The Morgan fingerprint density at radius 3 is 2.43 bits per heavy atom. The molecule has 3 N–H and O–H groups in total. The van der Waals surface area contributed by atoms with Gasteiger partial charge in [-0.2, -0.15) is 0 Å². The summed E-state index contributed by atoms with van der Waals surface area (Å²) in [6.07, 6.45) is 1.41. The van der Waals surface area contributed by atoms with E-state index < -0.39 is 35.6 Å². The Labute approximate surface area is 217 Å². The number of anilines is 1. The number of carbonyl (C=O) groups is 3. The van der Waals surface area contributed by atoms with Gasteiger partial charge < -0.3 is 25.4 Å². The Balaban J connectivity index is 1.48. The molecule has 3 aliphatic rings. The Hall–Kier alpha value is -3.23. The van der Waals surface area contributed by atoms with Crippen LogP contribution in [0, 0.1) is 17.8 Å². The molecule has 3 saturated heterocycles. The first kappa shape index (κ1) is 25.4. The molecule has 1 spiro atoms. The van der Waals surface area contributed by atoms with Crippen LogP contribution in [0.4, 0.5) is 5.69 Å². The van der Waals surface area contributed by atoms with Crippen LogP contribution in [0.1, 0.15) is 38.7 Å². The molecule has 3 aliphatic heterocycles. The van der Waals surface area contributed by atoms with Gasteiger partial charge in [0.1, 0.15) is 11.6 Å². The summed E-state index contributed by atoms with van der Waals surface area (Å²) in [6, 6.07) is 17.3. The molecule has 8 heteroatoms. The number of rotatable bonds is 9. The van der Waals surface area contributed by atoms with Crippen molar-refractivity contribution in [2.75, 3.05) is 11.9 Å². The number of benzene rings is 2. The Kier molecular flexibility index (Phi) is 7.05. The summed E-state index contributed by atoms with van der Waals surface area (Å²) in [6.45, 7) is 4.01. The fourth-order valence-corrected chi connectivity index (χ4v) is 6.49. The largest absolute Gasteiger partial charge is 0.394 e. The maximum absolute atomic E-state index is 14.1. The smallest absolute Gasteiger partial charge is 0.246 e. The molecule has 0 saturated carbocycles. The van der Waals surface area contributed by atoms with Gasteiger partial charge in [-0.05, 0) is 36.5 Å². The Morgan fingerprint density at radius 2 is 1.78 bits per heavy atom. The molecule has 196 valence electrons. The normalized spacial score (nSPS) is 29.6. The number of amides is 3. The summed E-state index contributed by atoms with van der Waals surface area (Å²) in [7, 11) is 0. The molecule has 5 rings (SSSR count). The van der Waals surface area contributed by atoms with Crippen molar-refractivity contribution in [1.82, 2.24) is 10.2 Å². The van der Waals surface area contributed by atoms with Crippen LogP contribution >= 0.6 is 0 Å². The van der Waals surface area contributed by atoms with Crippen LogP contribution in [-0.2, 0) is 25.7 Å². The molecule has 0 aromatic heterocycles. The van der Waals surface area contributed by atoms with Gasteiger partial charge in [0.25, 0.3) is 0 Å². The maximum Gasteiger partial charge on any atom is 0.246 e. The molecule has 7 atom stereocenters. The van der Waals surface area contributed by atoms with E-state index in [4.69, 9.17) is 4.74 Å². The quantitative estimate of drug-likeness (QED) is 0.486. The number of aliphatic hydroxyl groups is 1. The highest BCUT2D eigenvalue weighted by molar-refractivity contribution is 6.02. The van der Waals surface area contributed by atoms with Crippen molar-refractivity contribution in [3.8, 4) is 0 Å². The van der Waals surface area contributed by atoms with Gasteiger partial charge in [0.2, 0.25) is 17.7 Å². The molecule has 0 aliphatic carbocycles. The zero-order valence-corrected chi connectivity index (χ0v) is 21.3. The molecule has 3 heterocycles. The Bertz CT molecular complexity index is 1140. The SMILES string of the molecule is CC[C@H](C)[C@H](CO)N1C(=O)[C@@H]2[C@H](C(=O)Nc3ccccc3)[C@@H]3CCC2(O3)C1C(=O)NCc1ccccc1. The monoisotopic (exact) mass is 505 g/mol. The molecule has 2 bridgehead atoms. The van der Waals surface area contributed by atoms with Crippen molar-refractivity contribution in [3.05, 3.63) is 66.2 Å². The lowest BCUT2D eigenvalue weighted by Crippen LogP contribution is -2.59. The molecule has 2 unspecified atom stereocenters. The van der Waals surface area contributed by atoms with E-state index in [1.54, 1.807) is 17.0 Å². The highest BCUT2D eigenvalue weighted by Gasteiger charge is 2.75. The zero-order chi connectivity index (χ0) is 26.2. The van der Waals surface area contributed by atoms with Gasteiger partial charge in [-0.3, -0.25) is 14.4 Å². The van der Waals surface area contributed by atoms with Crippen LogP contribution in [0.25, 0.3) is 0 Å². The topological polar surface area (TPSA) is 108 Å². The minimum atomic E-state index is -1.10. The second-order valence-electron chi connectivity index (χ2n) is 10.5. The average molecular weight is 506 g/mol. The molecular weight excluding hydrogens is 470 g/mol. The lowest BCUT2D eigenvalue weighted by atomic mass is 9.70. The highest BCUT2D eigenvalue weighted by atomic mass is 16.5. The zero-order valence-electron chi connectivity index (χ0n) is 21.3. The summed E-state index contributed by atoms with van der Waals surface area (Å²) in [5, 5.41) is 16.3. The first-order valence-corrected chi connectivity index (χ1v) is 13.2. The lowest BCUT2D eigenvalue weighted by Gasteiger charge is -2.38. The third-order valence-corrected chi connectivity index (χ3v) is 8.49. The van der Waals surface area contributed by atoms with Crippen LogP contribution in [0.3, 0.4) is 0 Å². The molecule has 2 aromatic carbocycles. The first-order valence-electron chi connectivity index (χ1n) is 13.2. The second-order valence-corrected chi connectivity index (χ2v) is 10.5. The standard InChI is InChI=1S/C29H35N3O5/c1-3-18(2)21(17-33)32-25(27(35)30-16-19-10-6-4-7-11-19)29-15-14-22(37-29)23(24(29)28(32)36)26(34)31-20-12-8-5-9-13-20/h4-13,18,21-25,33H,3,14-17H2,1-2H3,(H,30,35)(H,31,34)/t18-,21-,22-,23+,24-,25?,29?/m0/s1. The predicted molar refractivity (Wildman–Crippen MR) is 138 cm³/mol. The van der Waals surface area contributed by atoms with Gasteiger partial charge in [0.05, 0.1) is 30.6 Å². The fourth-order valence-electron chi connectivity index (χ4n) is 6.49. The maximum atomic E-state index is 14.1. The van der Waals surface area contributed by atoms with E-state index in [-0.39, 0.29) is 30.2 Å². The van der Waals surface area contributed by atoms with Crippen molar-refractivity contribution in [3.63, 3.8) is 0 Å². The van der Waals surface area contributed by atoms with Crippen LogP contribution in [-0.4, -0.2) is 58.1 Å². The van der Waals surface area contributed by atoms with E-state index in [1.165, 1.54) is 0 Å². The summed E-state index contributed by atoms with van der Waals surface area (Å²) in [5.74, 6) is -2.39. The van der Waals surface area contributed by atoms with E-state index in [2.05, 4.69) is 10.6 Å². The number of ether oxygens (including phenoxy) is 1. The van der Waals surface area contributed by atoms with Crippen molar-refractivity contribution in [2.45, 2.75) is 63.4 Å². The number of hydrogen-bond acceptors (Lipinski definition) is 5. The van der Waals surface area contributed by atoms with Crippen molar-refractivity contribution < 1.29 is 24.2 Å². The average Bonchev–Trinajstić information content (AvgIpc) is 3.56. The molecule has 0 radical (unpaired) electrons. The second kappa shape index (κ2) is 10.3. The first-order chi connectivity index (χ1) is 17.9. The number of likely N-dealkylation sites (tertiary alicyclic amines) is 1. The van der Waals surface area contributed by atoms with Gasteiger partial charge in [0, 0.05) is 12.2 Å². The van der Waals surface area contributed by atoms with Crippen molar-refractivity contribution >= 4 is 23.4 Å². The molecule has 37 heavy (non-hydrogen) atoms. The number of nitrogens with one attached hydrogen (secondary N) is 2. The predicted octanol–water partition coefficient (Wildman–Crippen LogP) is 2.72. The number of carbonyl (C=O) groups excluding carboxylic acids is 3. The number of hydrogen-bond donors (Lipinski definition) is 3. The highest BCUT2D eigenvalue weighted by Crippen LogP contribution is 2.59. The van der Waals surface area contributed by atoms with Gasteiger partial charge in [-0.15, -0.1) is 0 Å². The van der Waals surface area contributed by atoms with E-state index in [1.807, 2.05) is 62.4 Å². The number of aliphatic hydroxyl groups excluding tert-OH is 1. The summed E-state index contributed by atoms with van der Waals surface area (Å²) >= 11 is 0. The van der Waals surface area contributed by atoms with Gasteiger partial charge >= 0.3 is 0 Å². The molecule has 3 fully saturated rings. The molecular formula is C29H35N3O5. The minimum absolute atomic E-state index is 0.0394. The molecule has 8 nitrogen and oxygen atoms in total. The van der Waals surface area contributed by atoms with Crippen LogP contribution in [0.5, 0.6) is 0 Å². The summed E-state index contributed by atoms with van der Waals surface area (Å²) < 4.78 is 6.48. The van der Waals surface area contributed by atoms with Crippen LogP contribution in [0.15, 0.2) is 60.7 Å². The number of nitrogens with zero attached hydrogens (tertiary/aromatic N) is 1. The number of para-hydroxylation sites is 1. The van der Waals surface area contributed by atoms with Crippen molar-refractivity contribution in [1.29, 1.82) is 0 Å². The molecule has 3 amide bonds. The number of fused-ring (bicyclic) bond motifs is 1. The van der Waals surface area contributed by atoms with Crippen LogP contribution in [0.2, 0.25) is 0 Å². The lowest BCUT2D eigenvalue weighted by molar-refractivity contribution is -0.146. The van der Waals surface area contributed by atoms with Crippen molar-refractivity contribution in [2.24, 2.45) is 17.8 Å².